The van der Waals surface area contributed by atoms with Crippen LogP contribution in [0.1, 0.15) is 94.5 Å². The van der Waals surface area contributed by atoms with E-state index < -0.39 is 5.60 Å². The van der Waals surface area contributed by atoms with E-state index in [0.29, 0.717) is 23.0 Å². The summed E-state index contributed by atoms with van der Waals surface area (Å²) in [6.07, 6.45) is 10.1. The van der Waals surface area contributed by atoms with Crippen molar-refractivity contribution in [2.45, 2.75) is 91.1 Å². The van der Waals surface area contributed by atoms with Gasteiger partial charge in [0.25, 0.3) is 0 Å². The Hall–Kier alpha value is -1.09. The summed E-state index contributed by atoms with van der Waals surface area (Å²) in [5.41, 5.74) is 1.24. The van der Waals surface area contributed by atoms with E-state index in [1.807, 2.05) is 6.07 Å². The van der Waals surface area contributed by atoms with Gasteiger partial charge in [-0.2, -0.15) is 0 Å². The van der Waals surface area contributed by atoms with Crippen LogP contribution in [0, 0.1) is 34.5 Å². The summed E-state index contributed by atoms with van der Waals surface area (Å²) in [7, 11) is 0. The maximum Gasteiger partial charge on any atom is 0.194 e. The first-order chi connectivity index (χ1) is 13.2. The van der Waals surface area contributed by atoms with E-state index in [1.165, 1.54) is 37.7 Å². The molecule has 0 aliphatic heterocycles. The number of furan rings is 1. The second-order valence-corrected chi connectivity index (χ2v) is 11.0. The second-order valence-electron chi connectivity index (χ2n) is 11.0. The van der Waals surface area contributed by atoms with E-state index in [0.717, 1.165) is 43.3 Å². The Kier molecular flexibility index (Phi) is 4.03. The number of hydrogen-bond donors (Lipinski definition) is 1. The summed E-state index contributed by atoms with van der Waals surface area (Å²) in [4.78, 5) is 11.8. The molecule has 3 unspecified atom stereocenters. The molecule has 0 amide bonds. The minimum atomic E-state index is -0.457. The van der Waals surface area contributed by atoms with E-state index in [-0.39, 0.29) is 11.2 Å². The molecule has 154 valence electrons. The van der Waals surface area contributed by atoms with Crippen LogP contribution in [0.5, 0.6) is 0 Å². The van der Waals surface area contributed by atoms with Crippen molar-refractivity contribution >= 4 is 5.78 Å². The zero-order valence-corrected chi connectivity index (χ0v) is 18.0. The molecule has 3 saturated carbocycles. The Bertz CT molecular complexity index is 809. The number of aliphatic hydroxyl groups is 1. The molecule has 0 bridgehead atoms. The monoisotopic (exact) mass is 384 g/mol. The molecule has 1 N–H and O–H groups in total. The summed E-state index contributed by atoms with van der Waals surface area (Å²) in [6.45, 7) is 8.70. The fraction of sp³-hybridized carbons (Fsp3) is 0.800. The van der Waals surface area contributed by atoms with Crippen molar-refractivity contribution in [1.82, 2.24) is 0 Å². The highest BCUT2D eigenvalue weighted by Crippen LogP contribution is 2.68. The average molecular weight is 385 g/mol. The lowest BCUT2D eigenvalue weighted by Crippen LogP contribution is -2.56. The minimum absolute atomic E-state index is 0.0404. The van der Waals surface area contributed by atoms with Crippen LogP contribution in [0.3, 0.4) is 0 Å². The van der Waals surface area contributed by atoms with Gasteiger partial charge in [0.05, 0.1) is 5.60 Å². The lowest BCUT2D eigenvalue weighted by Gasteiger charge is -2.61. The molecule has 28 heavy (non-hydrogen) atoms. The normalized spacial score (nSPS) is 47.0. The maximum atomic E-state index is 11.8. The topological polar surface area (TPSA) is 50.4 Å². The third-order valence-electron chi connectivity index (χ3n) is 10.2. The molecule has 7 atom stereocenters. The highest BCUT2D eigenvalue weighted by Gasteiger charge is 2.64. The second kappa shape index (κ2) is 5.97. The minimum Gasteiger partial charge on any atom is -0.458 e. The van der Waals surface area contributed by atoms with Crippen LogP contribution in [0.2, 0.25) is 0 Å². The van der Waals surface area contributed by atoms with Crippen LogP contribution < -0.4 is 0 Å². The number of carbonyl (C=O) groups is 1. The van der Waals surface area contributed by atoms with Crippen molar-refractivity contribution in [2.24, 2.45) is 34.5 Å². The lowest BCUT2D eigenvalue weighted by atomic mass is 9.44. The average Bonchev–Trinajstić information content (AvgIpc) is 3.18. The van der Waals surface area contributed by atoms with E-state index >= 15 is 0 Å². The number of fused-ring (bicyclic) bond motifs is 6. The van der Waals surface area contributed by atoms with Gasteiger partial charge in [-0.3, -0.25) is 4.79 Å². The molecule has 1 aromatic rings. The summed E-state index contributed by atoms with van der Waals surface area (Å²) >= 11 is 0. The maximum absolute atomic E-state index is 11.8. The number of rotatable bonds is 2. The Labute approximate surface area is 169 Å². The first-order valence-corrected chi connectivity index (χ1v) is 11.6. The van der Waals surface area contributed by atoms with Gasteiger partial charge in [0.2, 0.25) is 0 Å². The first kappa shape index (κ1) is 18.9. The quantitative estimate of drug-likeness (QED) is 0.677. The Balaban J connectivity index is 1.47. The first-order valence-electron chi connectivity index (χ1n) is 11.6. The van der Waals surface area contributed by atoms with Crippen LogP contribution in [-0.4, -0.2) is 16.5 Å². The van der Waals surface area contributed by atoms with Crippen molar-refractivity contribution in [2.75, 3.05) is 0 Å². The van der Waals surface area contributed by atoms with Gasteiger partial charge >= 0.3 is 0 Å². The predicted octanol–water partition coefficient (Wildman–Crippen LogP) is 5.58. The smallest absolute Gasteiger partial charge is 0.194 e. The van der Waals surface area contributed by atoms with Crippen LogP contribution in [-0.2, 0) is 12.8 Å². The Morgan fingerprint density at radius 3 is 2.64 bits per heavy atom. The molecule has 4 aliphatic carbocycles. The van der Waals surface area contributed by atoms with E-state index in [9.17, 15) is 9.90 Å². The third-order valence-corrected chi connectivity index (χ3v) is 10.2. The molecular formula is C25H36O3. The lowest BCUT2D eigenvalue weighted by molar-refractivity contribution is -0.147. The summed E-state index contributed by atoms with van der Waals surface area (Å²) < 4.78 is 5.94. The highest BCUT2D eigenvalue weighted by atomic mass is 16.3. The molecule has 1 heterocycles. The molecule has 4 aliphatic rings. The summed E-state index contributed by atoms with van der Waals surface area (Å²) in [5, 5.41) is 11.4. The van der Waals surface area contributed by atoms with Gasteiger partial charge in [-0.15, -0.1) is 0 Å². The molecule has 3 heteroatoms. The van der Waals surface area contributed by atoms with Crippen LogP contribution >= 0.6 is 0 Å². The predicted molar refractivity (Wildman–Crippen MR) is 109 cm³/mol. The molecule has 3 fully saturated rings. The molecule has 0 saturated heterocycles. The zero-order chi connectivity index (χ0) is 19.9. The van der Waals surface area contributed by atoms with Gasteiger partial charge in [-0.1, -0.05) is 20.8 Å². The molecular weight excluding hydrogens is 348 g/mol. The van der Waals surface area contributed by atoms with Gasteiger partial charge in [0.1, 0.15) is 5.76 Å². The highest BCUT2D eigenvalue weighted by molar-refractivity contribution is 5.91. The SMILES string of the molecule is CC[C@]1(O)CCC2C3CC[C@H]4Cc5oc(C(C)=O)cc5C[C@]4(C)C3CC[C@@]21C. The van der Waals surface area contributed by atoms with Gasteiger partial charge in [-0.25, -0.2) is 0 Å². The molecule has 0 spiro atoms. The van der Waals surface area contributed by atoms with Gasteiger partial charge in [0.15, 0.2) is 11.5 Å². The van der Waals surface area contributed by atoms with Gasteiger partial charge in [0, 0.05) is 13.3 Å². The van der Waals surface area contributed by atoms with Crippen molar-refractivity contribution < 1.29 is 14.3 Å². The third kappa shape index (κ3) is 2.29. The van der Waals surface area contributed by atoms with Gasteiger partial charge in [-0.05, 0) is 97.5 Å². The standard InChI is InChI=1S/C25H36O3/c1-5-25(27)11-9-20-18-7-6-17-13-22-16(12-21(28-22)15(2)26)14-23(17,3)19(18)8-10-24(20,25)4/h12,17-20,27H,5-11,13-14H2,1-4H3/t17-,18?,19?,20?,23-,24-,25-/m0/s1. The van der Waals surface area contributed by atoms with Crippen molar-refractivity contribution in [3.05, 3.63) is 23.2 Å². The molecule has 1 aromatic heterocycles. The van der Waals surface area contributed by atoms with E-state index in [2.05, 4.69) is 20.8 Å². The molecule has 3 nitrogen and oxygen atoms in total. The van der Waals surface area contributed by atoms with Crippen molar-refractivity contribution in [3.8, 4) is 0 Å². The van der Waals surface area contributed by atoms with Gasteiger partial charge < -0.3 is 9.52 Å². The molecule has 0 radical (unpaired) electrons. The number of ketones is 1. The molecule has 5 rings (SSSR count). The largest absolute Gasteiger partial charge is 0.458 e. The fourth-order valence-electron chi connectivity index (χ4n) is 8.43. The Morgan fingerprint density at radius 1 is 1.18 bits per heavy atom. The molecule has 0 aromatic carbocycles. The summed E-state index contributed by atoms with van der Waals surface area (Å²) in [6, 6.07) is 2.03. The Morgan fingerprint density at radius 2 is 1.93 bits per heavy atom. The fourth-order valence-corrected chi connectivity index (χ4v) is 8.43. The van der Waals surface area contributed by atoms with Crippen molar-refractivity contribution in [3.63, 3.8) is 0 Å². The number of hydrogen-bond acceptors (Lipinski definition) is 3. The zero-order valence-electron chi connectivity index (χ0n) is 18.0. The van der Waals surface area contributed by atoms with E-state index in [1.54, 1.807) is 6.92 Å². The van der Waals surface area contributed by atoms with Crippen LogP contribution in [0.25, 0.3) is 0 Å². The van der Waals surface area contributed by atoms with Crippen LogP contribution in [0.15, 0.2) is 10.5 Å². The summed E-state index contributed by atoms with van der Waals surface area (Å²) in [5.74, 6) is 4.50. The van der Waals surface area contributed by atoms with Crippen molar-refractivity contribution in [1.29, 1.82) is 0 Å². The number of carbonyl (C=O) groups excluding carboxylic acids is 1. The van der Waals surface area contributed by atoms with E-state index in [4.69, 9.17) is 4.42 Å². The van der Waals surface area contributed by atoms with Crippen LogP contribution in [0.4, 0.5) is 0 Å². The number of Topliss-reactive ketones (excluding diaryl/α,β-unsaturated/α-hetero) is 1.